The lowest BCUT2D eigenvalue weighted by Crippen LogP contribution is -2.47. The standard InChI is InChI=1S/C27H26F4N4O4/c28-20-11-17(1-2-21(20)39-19-3-7-32-22(12-19)27(29,30)31)16-38-23-13-24-34-8-4-26(5-9-37-10-6-26)14-18(34)15-35(24)25(36)33-23/h1-3,7,11-13,18H,4-6,8-10,14-16H2. The lowest BCUT2D eigenvalue weighted by atomic mass is 9.70. The van der Waals surface area contributed by atoms with Crippen molar-refractivity contribution in [3.63, 3.8) is 0 Å². The van der Waals surface area contributed by atoms with Crippen LogP contribution >= 0.6 is 0 Å². The van der Waals surface area contributed by atoms with Gasteiger partial charge in [-0.1, -0.05) is 6.07 Å². The molecule has 0 N–H and O–H groups in total. The topological polar surface area (TPSA) is 78.7 Å². The van der Waals surface area contributed by atoms with Gasteiger partial charge >= 0.3 is 11.9 Å². The lowest BCUT2D eigenvalue weighted by molar-refractivity contribution is -0.141. The molecular formula is C27H26F4N4O4. The number of nitrogens with zero attached hydrogens (tertiary/aromatic N) is 4. The third-order valence-corrected chi connectivity index (χ3v) is 7.83. The van der Waals surface area contributed by atoms with E-state index in [4.69, 9.17) is 14.2 Å². The molecule has 5 heterocycles. The number of hydrogen-bond donors (Lipinski definition) is 0. The molecule has 1 unspecified atom stereocenters. The normalized spacial score (nSPS) is 20.0. The first-order valence-electron chi connectivity index (χ1n) is 12.8. The van der Waals surface area contributed by atoms with Crippen molar-refractivity contribution in [1.82, 2.24) is 14.5 Å². The summed E-state index contributed by atoms with van der Waals surface area (Å²) in [5.41, 5.74) is -0.814. The predicted octanol–water partition coefficient (Wildman–Crippen LogP) is 4.95. The summed E-state index contributed by atoms with van der Waals surface area (Å²) >= 11 is 0. The molecule has 0 radical (unpaired) electrons. The minimum atomic E-state index is -4.64. The second kappa shape index (κ2) is 9.82. The zero-order valence-electron chi connectivity index (χ0n) is 20.9. The van der Waals surface area contributed by atoms with E-state index < -0.39 is 17.7 Å². The zero-order chi connectivity index (χ0) is 27.2. The molecule has 12 heteroatoms. The smallest absolute Gasteiger partial charge is 0.433 e. The molecule has 0 amide bonds. The molecular weight excluding hydrogens is 520 g/mol. The first-order chi connectivity index (χ1) is 18.7. The summed E-state index contributed by atoms with van der Waals surface area (Å²) in [6.45, 7) is 2.96. The maximum atomic E-state index is 14.7. The van der Waals surface area contributed by atoms with Crippen LogP contribution in [0.15, 0.2) is 47.4 Å². The van der Waals surface area contributed by atoms with E-state index in [1.807, 2.05) is 0 Å². The number of hydrogen-bond acceptors (Lipinski definition) is 7. The highest BCUT2D eigenvalue weighted by atomic mass is 19.4. The van der Waals surface area contributed by atoms with Gasteiger partial charge in [-0.25, -0.2) is 9.18 Å². The van der Waals surface area contributed by atoms with Crippen molar-refractivity contribution in [2.24, 2.45) is 5.41 Å². The van der Waals surface area contributed by atoms with Crippen LogP contribution in [0.25, 0.3) is 0 Å². The van der Waals surface area contributed by atoms with E-state index in [1.54, 1.807) is 10.6 Å². The Morgan fingerprint density at radius 1 is 1.10 bits per heavy atom. The van der Waals surface area contributed by atoms with Crippen LogP contribution in [-0.4, -0.2) is 40.3 Å². The Balaban J connectivity index is 1.12. The number of rotatable bonds is 5. The predicted molar refractivity (Wildman–Crippen MR) is 131 cm³/mol. The molecule has 1 aromatic carbocycles. The van der Waals surface area contributed by atoms with Gasteiger partial charge in [-0.15, -0.1) is 0 Å². The minimum Gasteiger partial charge on any atom is -0.473 e. The van der Waals surface area contributed by atoms with Crippen molar-refractivity contribution in [3.05, 3.63) is 70.2 Å². The van der Waals surface area contributed by atoms with Crippen LogP contribution in [0, 0.1) is 11.2 Å². The maximum absolute atomic E-state index is 14.7. The van der Waals surface area contributed by atoms with Gasteiger partial charge in [0.2, 0.25) is 5.88 Å². The molecule has 2 saturated heterocycles. The van der Waals surface area contributed by atoms with E-state index >= 15 is 0 Å². The molecule has 0 aliphatic carbocycles. The van der Waals surface area contributed by atoms with E-state index in [2.05, 4.69) is 14.9 Å². The molecule has 3 aliphatic rings. The molecule has 0 saturated carbocycles. The summed E-state index contributed by atoms with van der Waals surface area (Å²) in [6, 6.07) is 7.88. The fourth-order valence-electron chi connectivity index (χ4n) is 5.77. The van der Waals surface area contributed by atoms with Gasteiger partial charge in [-0.3, -0.25) is 9.55 Å². The third kappa shape index (κ3) is 5.17. The van der Waals surface area contributed by atoms with Crippen molar-refractivity contribution >= 4 is 5.82 Å². The first kappa shape index (κ1) is 25.6. The van der Waals surface area contributed by atoms with Gasteiger partial charge in [0.25, 0.3) is 0 Å². The SMILES string of the molecule is O=c1nc(OCc2ccc(Oc3ccnc(C(F)(F)F)c3)c(F)c2)cc2n1CC1CC3(CCOCC3)CCN21. The Morgan fingerprint density at radius 3 is 2.69 bits per heavy atom. The minimum absolute atomic E-state index is 0.0624. The number of benzene rings is 1. The Hall–Kier alpha value is -3.67. The van der Waals surface area contributed by atoms with E-state index in [9.17, 15) is 22.4 Å². The number of halogens is 4. The van der Waals surface area contributed by atoms with Gasteiger partial charge in [-0.2, -0.15) is 18.2 Å². The van der Waals surface area contributed by atoms with Gasteiger partial charge in [0.15, 0.2) is 11.6 Å². The number of alkyl halides is 3. The summed E-state index contributed by atoms with van der Waals surface area (Å²) < 4.78 is 71.6. The summed E-state index contributed by atoms with van der Waals surface area (Å²) in [4.78, 5) is 22.4. The van der Waals surface area contributed by atoms with E-state index in [0.29, 0.717) is 18.2 Å². The summed E-state index contributed by atoms with van der Waals surface area (Å²) in [7, 11) is 0. The van der Waals surface area contributed by atoms with Crippen molar-refractivity contribution in [3.8, 4) is 17.4 Å². The number of anilines is 1. The third-order valence-electron chi connectivity index (χ3n) is 7.83. The van der Waals surface area contributed by atoms with E-state index in [0.717, 1.165) is 63.5 Å². The molecule has 2 fully saturated rings. The molecule has 206 valence electrons. The molecule has 3 aliphatic heterocycles. The van der Waals surface area contributed by atoms with Crippen LogP contribution in [0.2, 0.25) is 0 Å². The highest BCUT2D eigenvalue weighted by molar-refractivity contribution is 5.48. The van der Waals surface area contributed by atoms with Crippen LogP contribution in [-0.2, 0) is 24.1 Å². The van der Waals surface area contributed by atoms with Crippen molar-refractivity contribution in [1.29, 1.82) is 0 Å². The average molecular weight is 547 g/mol. The lowest BCUT2D eigenvalue weighted by Gasteiger charge is -2.46. The Labute approximate surface area is 221 Å². The molecule has 8 nitrogen and oxygen atoms in total. The molecule has 3 aromatic rings. The number of ether oxygens (including phenoxy) is 3. The second-order valence-corrected chi connectivity index (χ2v) is 10.3. The van der Waals surface area contributed by atoms with Crippen LogP contribution in [0.4, 0.5) is 23.4 Å². The fourth-order valence-corrected chi connectivity index (χ4v) is 5.77. The van der Waals surface area contributed by atoms with Crippen LogP contribution in [0.1, 0.15) is 36.9 Å². The largest absolute Gasteiger partial charge is 0.473 e. The van der Waals surface area contributed by atoms with Gasteiger partial charge in [0.05, 0.1) is 0 Å². The van der Waals surface area contributed by atoms with Gasteiger partial charge in [0.1, 0.15) is 23.9 Å². The molecule has 1 atom stereocenters. The quantitative estimate of drug-likeness (QED) is 0.419. The number of piperidine rings is 1. The molecule has 1 spiro atoms. The van der Waals surface area contributed by atoms with E-state index in [-0.39, 0.29) is 41.1 Å². The van der Waals surface area contributed by atoms with Crippen molar-refractivity contribution in [2.45, 2.75) is 51.1 Å². The van der Waals surface area contributed by atoms with Gasteiger partial charge in [-0.05, 0) is 54.9 Å². The number of aromatic nitrogens is 3. The summed E-state index contributed by atoms with van der Waals surface area (Å²) in [5.74, 6) is -0.285. The second-order valence-electron chi connectivity index (χ2n) is 10.3. The van der Waals surface area contributed by atoms with E-state index in [1.165, 1.54) is 18.2 Å². The maximum Gasteiger partial charge on any atom is 0.433 e. The number of fused-ring (bicyclic) bond motifs is 3. The molecule has 0 bridgehead atoms. The van der Waals surface area contributed by atoms with Crippen LogP contribution < -0.4 is 20.1 Å². The summed E-state index contributed by atoms with van der Waals surface area (Å²) in [6.07, 6.45) is 0.455. The monoisotopic (exact) mass is 546 g/mol. The highest BCUT2D eigenvalue weighted by Crippen LogP contribution is 2.46. The van der Waals surface area contributed by atoms with Gasteiger partial charge in [0, 0.05) is 50.7 Å². The molecule has 6 rings (SSSR count). The van der Waals surface area contributed by atoms with Crippen molar-refractivity contribution < 1.29 is 31.8 Å². The molecule has 2 aromatic heterocycles. The Morgan fingerprint density at radius 2 is 1.92 bits per heavy atom. The van der Waals surface area contributed by atoms with Crippen molar-refractivity contribution in [2.75, 3.05) is 24.7 Å². The van der Waals surface area contributed by atoms with Crippen LogP contribution in [0.5, 0.6) is 17.4 Å². The highest BCUT2D eigenvalue weighted by Gasteiger charge is 2.44. The zero-order valence-corrected chi connectivity index (χ0v) is 20.9. The Bertz CT molecular complexity index is 1440. The first-order valence-corrected chi connectivity index (χ1v) is 12.8. The van der Waals surface area contributed by atoms with Gasteiger partial charge < -0.3 is 19.1 Å². The molecule has 39 heavy (non-hydrogen) atoms. The summed E-state index contributed by atoms with van der Waals surface area (Å²) in [5, 5.41) is 0. The van der Waals surface area contributed by atoms with Crippen LogP contribution in [0.3, 0.4) is 0 Å². The number of pyridine rings is 1. The fraction of sp³-hybridized carbons (Fsp3) is 0.444. The average Bonchev–Trinajstić information content (AvgIpc) is 3.27. The Kier molecular flexibility index (Phi) is 6.44.